The van der Waals surface area contributed by atoms with E-state index in [-0.39, 0.29) is 6.54 Å². The lowest BCUT2D eigenvalue weighted by Gasteiger charge is -2.13. The number of aryl methyl sites for hydroxylation is 3. The minimum atomic E-state index is -0.429. The molecule has 0 aliphatic carbocycles. The standard InChI is InChI=1S/C19H18N2O3S2/c1-11-4-6-14(8-12(11)2)20-17(22)10-21-18(23)16(26-19(21)24)9-15-7-5-13(3)25-15/h4-9H,10H2,1-3H3,(H,20,22). The Morgan fingerprint density at radius 2 is 1.88 bits per heavy atom. The van der Waals surface area contributed by atoms with Gasteiger partial charge in [-0.2, -0.15) is 0 Å². The van der Waals surface area contributed by atoms with Crippen molar-refractivity contribution < 1.29 is 14.4 Å². The van der Waals surface area contributed by atoms with Gasteiger partial charge < -0.3 is 5.32 Å². The molecule has 1 aromatic heterocycles. The molecule has 0 saturated carbocycles. The molecule has 1 aliphatic heterocycles. The number of thioether (sulfide) groups is 1. The molecule has 1 aliphatic rings. The average molecular weight is 386 g/mol. The van der Waals surface area contributed by atoms with Crippen molar-refractivity contribution in [3.63, 3.8) is 0 Å². The Morgan fingerprint density at radius 3 is 2.54 bits per heavy atom. The van der Waals surface area contributed by atoms with Crippen LogP contribution in [0.5, 0.6) is 0 Å². The molecule has 2 heterocycles. The molecule has 0 atom stereocenters. The molecule has 0 unspecified atom stereocenters. The first-order valence-corrected chi connectivity index (χ1v) is 9.65. The highest BCUT2D eigenvalue weighted by molar-refractivity contribution is 8.18. The zero-order valence-electron chi connectivity index (χ0n) is 14.7. The maximum absolute atomic E-state index is 12.5. The summed E-state index contributed by atoms with van der Waals surface area (Å²) in [6.07, 6.45) is 1.70. The summed E-state index contributed by atoms with van der Waals surface area (Å²) in [5.74, 6) is -0.829. The van der Waals surface area contributed by atoms with Crippen molar-refractivity contribution >= 4 is 51.9 Å². The zero-order valence-corrected chi connectivity index (χ0v) is 16.3. The van der Waals surface area contributed by atoms with Gasteiger partial charge in [-0.25, -0.2) is 0 Å². The van der Waals surface area contributed by atoms with E-state index in [0.29, 0.717) is 10.6 Å². The van der Waals surface area contributed by atoms with Crippen molar-refractivity contribution in [3.05, 3.63) is 56.1 Å². The molecular formula is C19H18N2O3S2. The van der Waals surface area contributed by atoms with Crippen LogP contribution in [-0.4, -0.2) is 28.5 Å². The minimum Gasteiger partial charge on any atom is -0.325 e. The molecule has 26 heavy (non-hydrogen) atoms. The second-order valence-electron chi connectivity index (χ2n) is 6.06. The first-order chi connectivity index (χ1) is 12.3. The highest BCUT2D eigenvalue weighted by Gasteiger charge is 2.36. The summed E-state index contributed by atoms with van der Waals surface area (Å²) in [5.41, 5.74) is 2.83. The Kier molecular flexibility index (Phi) is 5.29. The molecule has 0 spiro atoms. The van der Waals surface area contributed by atoms with Gasteiger partial charge in [-0.05, 0) is 74.0 Å². The Hall–Kier alpha value is -2.38. The number of hydrogen-bond acceptors (Lipinski definition) is 5. The Labute approximate surface area is 160 Å². The summed E-state index contributed by atoms with van der Waals surface area (Å²) < 4.78 is 0. The number of nitrogens with zero attached hydrogens (tertiary/aromatic N) is 1. The summed E-state index contributed by atoms with van der Waals surface area (Å²) in [6.45, 7) is 5.63. The quantitative estimate of drug-likeness (QED) is 0.794. The largest absolute Gasteiger partial charge is 0.325 e. The van der Waals surface area contributed by atoms with Crippen molar-refractivity contribution in [2.45, 2.75) is 20.8 Å². The average Bonchev–Trinajstić information content (AvgIpc) is 3.09. The first kappa shape index (κ1) is 18.4. The predicted molar refractivity (Wildman–Crippen MR) is 106 cm³/mol. The normalized spacial score (nSPS) is 15.8. The number of benzene rings is 1. The van der Waals surface area contributed by atoms with Gasteiger partial charge in [0.15, 0.2) is 0 Å². The third-order valence-electron chi connectivity index (χ3n) is 4.00. The summed E-state index contributed by atoms with van der Waals surface area (Å²) >= 11 is 2.41. The van der Waals surface area contributed by atoms with Gasteiger partial charge >= 0.3 is 0 Å². The monoisotopic (exact) mass is 386 g/mol. The van der Waals surface area contributed by atoms with Gasteiger partial charge in [0.25, 0.3) is 11.1 Å². The number of carbonyl (C=O) groups excluding carboxylic acids is 3. The van der Waals surface area contributed by atoms with E-state index >= 15 is 0 Å². The summed E-state index contributed by atoms with van der Waals surface area (Å²) in [4.78, 5) is 40.2. The van der Waals surface area contributed by atoms with Crippen LogP contribution in [0.3, 0.4) is 0 Å². The van der Waals surface area contributed by atoms with E-state index in [2.05, 4.69) is 5.32 Å². The van der Waals surface area contributed by atoms with Crippen LogP contribution in [-0.2, 0) is 9.59 Å². The van der Waals surface area contributed by atoms with Crippen molar-refractivity contribution in [2.24, 2.45) is 0 Å². The SMILES string of the molecule is Cc1ccc(C=C2SC(=O)N(CC(=O)Nc3ccc(C)c(C)c3)C2=O)s1. The van der Waals surface area contributed by atoms with Crippen molar-refractivity contribution in [1.82, 2.24) is 4.90 Å². The van der Waals surface area contributed by atoms with Gasteiger partial charge in [-0.3, -0.25) is 19.3 Å². The maximum Gasteiger partial charge on any atom is 0.294 e. The fraction of sp³-hybridized carbons (Fsp3) is 0.211. The highest BCUT2D eigenvalue weighted by Crippen LogP contribution is 2.33. The molecule has 7 heteroatoms. The predicted octanol–water partition coefficient (Wildman–Crippen LogP) is 4.35. The number of rotatable bonds is 4. The van der Waals surface area contributed by atoms with E-state index in [1.54, 1.807) is 23.5 Å². The van der Waals surface area contributed by atoms with Crippen LogP contribution < -0.4 is 5.32 Å². The van der Waals surface area contributed by atoms with E-state index in [1.165, 1.54) is 0 Å². The molecule has 2 aromatic rings. The van der Waals surface area contributed by atoms with Crippen LogP contribution >= 0.6 is 23.1 Å². The van der Waals surface area contributed by atoms with Gasteiger partial charge in [0.2, 0.25) is 5.91 Å². The third-order valence-corrected chi connectivity index (χ3v) is 5.86. The number of carbonyl (C=O) groups is 3. The molecule has 1 N–H and O–H groups in total. The van der Waals surface area contributed by atoms with E-state index in [4.69, 9.17) is 0 Å². The van der Waals surface area contributed by atoms with Crippen LogP contribution in [0.25, 0.3) is 6.08 Å². The van der Waals surface area contributed by atoms with Gasteiger partial charge in [-0.1, -0.05) is 6.07 Å². The third kappa shape index (κ3) is 4.05. The van der Waals surface area contributed by atoms with Crippen molar-refractivity contribution in [3.8, 4) is 0 Å². The fourth-order valence-electron chi connectivity index (χ4n) is 2.46. The lowest BCUT2D eigenvalue weighted by atomic mass is 10.1. The van der Waals surface area contributed by atoms with Gasteiger partial charge in [0.1, 0.15) is 6.54 Å². The van der Waals surface area contributed by atoms with Crippen LogP contribution in [0.2, 0.25) is 0 Å². The lowest BCUT2D eigenvalue weighted by molar-refractivity contribution is -0.127. The Morgan fingerprint density at radius 1 is 1.12 bits per heavy atom. The molecule has 0 radical (unpaired) electrons. The topological polar surface area (TPSA) is 66.5 Å². The minimum absolute atomic E-state index is 0.293. The number of imide groups is 1. The first-order valence-electron chi connectivity index (χ1n) is 8.02. The van der Waals surface area contributed by atoms with E-state index in [0.717, 1.165) is 37.5 Å². The van der Waals surface area contributed by atoms with E-state index < -0.39 is 17.1 Å². The van der Waals surface area contributed by atoms with Crippen molar-refractivity contribution in [1.29, 1.82) is 0 Å². The number of thiophene rings is 1. The molecule has 134 valence electrons. The van der Waals surface area contributed by atoms with Gasteiger partial charge in [0, 0.05) is 15.4 Å². The second-order valence-corrected chi connectivity index (χ2v) is 8.38. The summed E-state index contributed by atoms with van der Waals surface area (Å²) in [7, 11) is 0. The van der Waals surface area contributed by atoms with Crippen LogP contribution in [0.1, 0.15) is 20.9 Å². The molecule has 5 nitrogen and oxygen atoms in total. The summed E-state index contributed by atoms with van der Waals surface area (Å²) in [6, 6.07) is 9.43. The van der Waals surface area contributed by atoms with E-state index in [9.17, 15) is 14.4 Å². The van der Waals surface area contributed by atoms with Gasteiger partial charge in [-0.15, -0.1) is 11.3 Å². The number of amides is 3. The molecule has 0 bridgehead atoms. The van der Waals surface area contributed by atoms with Crippen LogP contribution in [0.4, 0.5) is 10.5 Å². The van der Waals surface area contributed by atoms with Gasteiger partial charge in [0.05, 0.1) is 4.91 Å². The number of nitrogens with one attached hydrogen (secondary N) is 1. The van der Waals surface area contributed by atoms with E-state index in [1.807, 2.05) is 45.0 Å². The van der Waals surface area contributed by atoms with Crippen LogP contribution in [0.15, 0.2) is 35.2 Å². The highest BCUT2D eigenvalue weighted by atomic mass is 32.2. The fourth-order valence-corrected chi connectivity index (χ4v) is 4.18. The maximum atomic E-state index is 12.5. The van der Waals surface area contributed by atoms with Crippen LogP contribution in [0, 0.1) is 20.8 Å². The second kappa shape index (κ2) is 7.47. The Bertz CT molecular complexity index is 931. The number of anilines is 1. The summed E-state index contributed by atoms with van der Waals surface area (Å²) in [5, 5.41) is 2.31. The number of hydrogen-bond donors (Lipinski definition) is 1. The zero-order chi connectivity index (χ0) is 18.8. The molecular weight excluding hydrogens is 368 g/mol. The molecule has 1 fully saturated rings. The molecule has 3 amide bonds. The molecule has 1 aromatic carbocycles. The molecule has 3 rings (SSSR count). The molecule has 1 saturated heterocycles. The lowest BCUT2D eigenvalue weighted by Crippen LogP contribution is -2.36. The Balaban J connectivity index is 1.68. The smallest absolute Gasteiger partial charge is 0.294 e. The van der Waals surface area contributed by atoms with Crippen molar-refractivity contribution in [2.75, 3.05) is 11.9 Å².